The Kier molecular flexibility index (Phi) is 5.26. The molecule has 2 heterocycles. The molecule has 0 amide bonds. The zero-order chi connectivity index (χ0) is 25.3. The predicted molar refractivity (Wildman–Crippen MR) is 147 cm³/mol. The molecule has 0 saturated heterocycles. The summed E-state index contributed by atoms with van der Waals surface area (Å²) in [5.41, 5.74) is 5.52. The van der Waals surface area contributed by atoms with Crippen LogP contribution in [-0.2, 0) is 24.8 Å². The molecule has 4 aromatic rings. The predicted octanol–water partition coefficient (Wildman–Crippen LogP) is 6.09. The Balaban J connectivity index is 1.25. The number of fused-ring (bicyclic) bond motifs is 9. The first-order chi connectivity index (χ1) is 18.0. The molecule has 7 rings (SSSR count). The van der Waals surface area contributed by atoms with E-state index in [0.29, 0.717) is 24.3 Å². The van der Waals surface area contributed by atoms with Crippen LogP contribution in [-0.4, -0.2) is 23.8 Å². The van der Waals surface area contributed by atoms with Crippen molar-refractivity contribution < 1.29 is 9.47 Å². The number of rotatable bonds is 4. The summed E-state index contributed by atoms with van der Waals surface area (Å²) < 4.78 is 12.6. The zero-order valence-electron chi connectivity index (χ0n) is 21.6. The van der Waals surface area contributed by atoms with E-state index in [1.54, 1.807) is 36.5 Å². The molecular weight excluding hydrogens is 480 g/mol. The van der Waals surface area contributed by atoms with E-state index in [1.807, 2.05) is 24.3 Å². The number of nitrogens with zero attached hydrogens (tertiary/aromatic N) is 2. The average Bonchev–Trinajstić information content (AvgIpc) is 3.44. The van der Waals surface area contributed by atoms with Crippen LogP contribution in [0.2, 0.25) is 0 Å². The van der Waals surface area contributed by atoms with E-state index in [9.17, 15) is 4.79 Å². The summed E-state index contributed by atoms with van der Waals surface area (Å²) in [6.07, 6.45) is 7.44. The minimum absolute atomic E-state index is 0.0405. The Morgan fingerprint density at radius 1 is 1.08 bits per heavy atom. The molecule has 0 bridgehead atoms. The van der Waals surface area contributed by atoms with Crippen molar-refractivity contribution in [1.29, 1.82) is 0 Å². The van der Waals surface area contributed by atoms with Gasteiger partial charge in [-0.05, 0) is 102 Å². The van der Waals surface area contributed by atoms with Gasteiger partial charge in [-0.1, -0.05) is 25.1 Å². The molecule has 4 atom stereocenters. The summed E-state index contributed by atoms with van der Waals surface area (Å²) in [5.74, 6) is 3.64. The van der Waals surface area contributed by atoms with Gasteiger partial charge in [-0.25, -0.2) is 4.98 Å². The van der Waals surface area contributed by atoms with Gasteiger partial charge in [-0.3, -0.25) is 9.36 Å². The van der Waals surface area contributed by atoms with E-state index in [2.05, 4.69) is 25.1 Å². The Bertz CT molecular complexity index is 1570. The van der Waals surface area contributed by atoms with Gasteiger partial charge >= 0.3 is 0 Å². The molecule has 0 unspecified atom stereocenters. The van der Waals surface area contributed by atoms with Crippen molar-refractivity contribution in [3.8, 4) is 11.5 Å². The lowest BCUT2D eigenvalue weighted by molar-refractivity contribution is 0.106. The fourth-order valence-electron chi connectivity index (χ4n) is 7.75. The number of aryl methyl sites for hydroxylation is 1. The van der Waals surface area contributed by atoms with E-state index >= 15 is 0 Å². The molecule has 0 spiro atoms. The normalized spacial score (nSPS) is 25.8. The minimum atomic E-state index is 0.0405. The van der Waals surface area contributed by atoms with Gasteiger partial charge in [0.1, 0.15) is 16.3 Å². The third-order valence-corrected chi connectivity index (χ3v) is 10.7. The molecule has 6 heteroatoms. The molecule has 1 saturated carbocycles. The van der Waals surface area contributed by atoms with Gasteiger partial charge in [0, 0.05) is 4.88 Å². The van der Waals surface area contributed by atoms with Crippen molar-refractivity contribution in [2.45, 2.75) is 56.9 Å². The SMILES string of the molecule is COc1ccc(Cn2cnc3sc4c(c3c2=O)[C@]2(C)CC[C@@H]3c5ccc(OC)cc5CC[C@H]3[C@H]2C4)cc1. The van der Waals surface area contributed by atoms with Crippen molar-refractivity contribution in [2.75, 3.05) is 14.2 Å². The van der Waals surface area contributed by atoms with Crippen LogP contribution in [0.25, 0.3) is 10.2 Å². The summed E-state index contributed by atoms with van der Waals surface area (Å²) in [5, 5.41) is 0.875. The highest BCUT2D eigenvalue weighted by molar-refractivity contribution is 7.18. The van der Waals surface area contributed by atoms with E-state index in [4.69, 9.17) is 14.5 Å². The van der Waals surface area contributed by atoms with E-state index in [1.165, 1.54) is 34.4 Å². The topological polar surface area (TPSA) is 53.4 Å². The van der Waals surface area contributed by atoms with Crippen LogP contribution in [0.5, 0.6) is 11.5 Å². The molecule has 37 heavy (non-hydrogen) atoms. The number of thiophene rings is 1. The molecule has 1 fully saturated rings. The maximum atomic E-state index is 13.9. The molecule has 3 aliphatic rings. The van der Waals surface area contributed by atoms with Gasteiger partial charge in [-0.15, -0.1) is 11.3 Å². The van der Waals surface area contributed by atoms with Gasteiger partial charge in [0.25, 0.3) is 5.56 Å². The third kappa shape index (κ3) is 3.41. The second-order valence-corrected chi connectivity index (χ2v) is 12.3. The summed E-state index contributed by atoms with van der Waals surface area (Å²) >= 11 is 1.76. The lowest BCUT2D eigenvalue weighted by Gasteiger charge is -2.49. The smallest absolute Gasteiger partial charge is 0.262 e. The number of hydrogen-bond acceptors (Lipinski definition) is 5. The maximum absolute atomic E-state index is 13.9. The van der Waals surface area contributed by atoms with Crippen molar-refractivity contribution >= 4 is 21.6 Å². The summed E-state index contributed by atoms with van der Waals surface area (Å²) in [7, 11) is 3.42. The van der Waals surface area contributed by atoms with Gasteiger partial charge in [0.05, 0.1) is 32.5 Å². The molecule has 0 aliphatic heterocycles. The zero-order valence-corrected chi connectivity index (χ0v) is 22.4. The standard InChI is InChI=1S/C31H32N2O3S/c1-31-13-12-23-22-11-9-21(36-3)14-19(22)6-10-24(23)25(31)15-26-28(31)27-29(37-26)32-17-33(30(27)34)16-18-4-7-20(35-2)8-5-18/h4-5,7-9,11,14,17,23-25H,6,10,12-13,15-16H2,1-3H3/t23-,24-,25-,31-/m1/s1. The van der Waals surface area contributed by atoms with Crippen LogP contribution in [0.1, 0.15) is 59.2 Å². The molecule has 2 aromatic heterocycles. The van der Waals surface area contributed by atoms with E-state index in [0.717, 1.165) is 46.5 Å². The van der Waals surface area contributed by atoms with Crippen LogP contribution >= 0.6 is 11.3 Å². The molecule has 190 valence electrons. The van der Waals surface area contributed by atoms with Gasteiger partial charge in [-0.2, -0.15) is 0 Å². The van der Waals surface area contributed by atoms with Gasteiger partial charge in [0.15, 0.2) is 0 Å². The first-order valence-corrected chi connectivity index (χ1v) is 14.1. The molecule has 2 aromatic carbocycles. The van der Waals surface area contributed by atoms with Crippen LogP contribution in [0.15, 0.2) is 53.6 Å². The van der Waals surface area contributed by atoms with E-state index < -0.39 is 0 Å². The number of methoxy groups -OCH3 is 2. The second-order valence-electron chi connectivity index (χ2n) is 11.2. The number of aromatic nitrogens is 2. The number of benzene rings is 2. The van der Waals surface area contributed by atoms with Crippen LogP contribution in [0, 0.1) is 11.8 Å². The molecule has 5 nitrogen and oxygen atoms in total. The summed E-state index contributed by atoms with van der Waals surface area (Å²) in [6, 6.07) is 14.6. The summed E-state index contributed by atoms with van der Waals surface area (Å²) in [6.45, 7) is 2.96. The molecule has 3 aliphatic carbocycles. The fraction of sp³-hybridized carbons (Fsp3) is 0.419. The van der Waals surface area contributed by atoms with Crippen molar-refractivity contribution in [2.24, 2.45) is 11.8 Å². The second kappa shape index (κ2) is 8.45. The lowest BCUT2D eigenvalue weighted by atomic mass is 9.55. The Hall–Kier alpha value is -3.12. The first-order valence-electron chi connectivity index (χ1n) is 13.3. The highest BCUT2D eigenvalue weighted by Crippen LogP contribution is 2.62. The summed E-state index contributed by atoms with van der Waals surface area (Å²) in [4.78, 5) is 21.0. The quantitative estimate of drug-likeness (QED) is 0.332. The largest absolute Gasteiger partial charge is 0.497 e. The highest BCUT2D eigenvalue weighted by atomic mass is 32.1. The van der Waals surface area contributed by atoms with Crippen molar-refractivity contribution in [3.05, 3.63) is 86.3 Å². The lowest BCUT2D eigenvalue weighted by Crippen LogP contribution is -2.43. The fourth-order valence-corrected chi connectivity index (χ4v) is 9.08. The van der Waals surface area contributed by atoms with Crippen molar-refractivity contribution in [3.63, 3.8) is 0 Å². The Labute approximate surface area is 221 Å². The average molecular weight is 513 g/mol. The number of hydrogen-bond donors (Lipinski definition) is 0. The van der Waals surface area contributed by atoms with Gasteiger partial charge in [0.2, 0.25) is 0 Å². The first kappa shape index (κ1) is 23.0. The Morgan fingerprint density at radius 3 is 2.65 bits per heavy atom. The minimum Gasteiger partial charge on any atom is -0.497 e. The van der Waals surface area contributed by atoms with Crippen LogP contribution in [0.3, 0.4) is 0 Å². The van der Waals surface area contributed by atoms with E-state index in [-0.39, 0.29) is 11.0 Å². The van der Waals surface area contributed by atoms with Crippen LogP contribution in [0.4, 0.5) is 0 Å². The number of ether oxygens (including phenoxy) is 2. The van der Waals surface area contributed by atoms with Gasteiger partial charge < -0.3 is 9.47 Å². The molecule has 0 radical (unpaired) electrons. The highest BCUT2D eigenvalue weighted by Gasteiger charge is 2.54. The maximum Gasteiger partial charge on any atom is 0.262 e. The third-order valence-electron chi connectivity index (χ3n) is 9.56. The molecule has 0 N–H and O–H groups in total. The molecular formula is C31H32N2O3S. The Morgan fingerprint density at radius 2 is 1.86 bits per heavy atom. The monoisotopic (exact) mass is 512 g/mol. The van der Waals surface area contributed by atoms with Crippen LogP contribution < -0.4 is 15.0 Å². The van der Waals surface area contributed by atoms with Crippen molar-refractivity contribution in [1.82, 2.24) is 9.55 Å².